The number of methoxy groups -OCH3 is 1. The maximum Gasteiger partial charge on any atom is 0.0581 e. The van der Waals surface area contributed by atoms with Gasteiger partial charge in [-0.3, -0.25) is 0 Å². The lowest BCUT2D eigenvalue weighted by Crippen LogP contribution is -2.12. The van der Waals surface area contributed by atoms with Gasteiger partial charge < -0.3 is 9.84 Å². The van der Waals surface area contributed by atoms with E-state index in [0.29, 0.717) is 0 Å². The van der Waals surface area contributed by atoms with Crippen LogP contribution in [0.25, 0.3) is 0 Å². The first kappa shape index (κ1) is 12.2. The maximum atomic E-state index is 9.80. The molecule has 0 spiro atoms. The summed E-state index contributed by atoms with van der Waals surface area (Å²) in [6, 6.07) is 8.20. The molecular weight excluding hydrogens is 188 g/mol. The van der Waals surface area contributed by atoms with Crippen molar-refractivity contribution in [3.8, 4) is 0 Å². The minimum absolute atomic E-state index is 0.249. The SMILES string of the molecule is COCCCC(O)Cc1ccccc1C. The summed E-state index contributed by atoms with van der Waals surface area (Å²) >= 11 is 0. The Morgan fingerprint density at radius 2 is 2.07 bits per heavy atom. The van der Waals surface area contributed by atoms with Gasteiger partial charge in [0.2, 0.25) is 0 Å². The summed E-state index contributed by atoms with van der Waals surface area (Å²) in [5.41, 5.74) is 2.49. The molecule has 1 aromatic rings. The van der Waals surface area contributed by atoms with Crippen LogP contribution in [0.2, 0.25) is 0 Å². The van der Waals surface area contributed by atoms with Crippen molar-refractivity contribution in [1.29, 1.82) is 0 Å². The monoisotopic (exact) mass is 208 g/mol. The molecule has 2 heteroatoms. The van der Waals surface area contributed by atoms with Crippen LogP contribution >= 0.6 is 0 Å². The van der Waals surface area contributed by atoms with Crippen LogP contribution in [0.5, 0.6) is 0 Å². The fourth-order valence-corrected chi connectivity index (χ4v) is 1.66. The average molecular weight is 208 g/mol. The molecule has 15 heavy (non-hydrogen) atoms. The third-order valence-corrected chi connectivity index (χ3v) is 2.60. The second kappa shape index (κ2) is 6.59. The molecule has 2 nitrogen and oxygen atoms in total. The molecule has 1 N–H and O–H groups in total. The van der Waals surface area contributed by atoms with Gasteiger partial charge in [-0.25, -0.2) is 0 Å². The maximum absolute atomic E-state index is 9.80. The predicted octanol–water partition coefficient (Wildman–Crippen LogP) is 2.33. The normalized spacial score (nSPS) is 12.7. The van der Waals surface area contributed by atoms with E-state index in [1.807, 2.05) is 12.1 Å². The minimum atomic E-state index is -0.249. The van der Waals surface area contributed by atoms with Crippen LogP contribution in [-0.2, 0) is 11.2 Å². The van der Waals surface area contributed by atoms with Gasteiger partial charge in [-0.2, -0.15) is 0 Å². The first-order chi connectivity index (χ1) is 7.24. The van der Waals surface area contributed by atoms with Gasteiger partial charge in [-0.15, -0.1) is 0 Å². The van der Waals surface area contributed by atoms with Crippen molar-refractivity contribution in [1.82, 2.24) is 0 Å². The molecule has 0 bridgehead atoms. The summed E-state index contributed by atoms with van der Waals surface area (Å²) < 4.78 is 4.96. The van der Waals surface area contributed by atoms with Gasteiger partial charge >= 0.3 is 0 Å². The fourth-order valence-electron chi connectivity index (χ4n) is 1.66. The number of rotatable bonds is 6. The lowest BCUT2D eigenvalue weighted by molar-refractivity contribution is 0.135. The molecule has 84 valence electrons. The number of aliphatic hydroxyl groups excluding tert-OH is 1. The molecule has 1 rings (SSSR count). The van der Waals surface area contributed by atoms with Crippen molar-refractivity contribution in [3.63, 3.8) is 0 Å². The van der Waals surface area contributed by atoms with Gasteiger partial charge in [0, 0.05) is 13.7 Å². The third-order valence-electron chi connectivity index (χ3n) is 2.60. The molecule has 1 aromatic carbocycles. The fraction of sp³-hybridized carbons (Fsp3) is 0.538. The number of hydrogen-bond donors (Lipinski definition) is 1. The highest BCUT2D eigenvalue weighted by Crippen LogP contribution is 2.12. The zero-order valence-corrected chi connectivity index (χ0v) is 9.57. The molecule has 0 saturated heterocycles. The lowest BCUT2D eigenvalue weighted by atomic mass is 10.0. The van der Waals surface area contributed by atoms with Crippen LogP contribution in [0.15, 0.2) is 24.3 Å². The molecule has 0 radical (unpaired) electrons. The molecule has 1 atom stereocenters. The summed E-state index contributed by atoms with van der Waals surface area (Å²) in [7, 11) is 1.69. The Morgan fingerprint density at radius 3 is 2.73 bits per heavy atom. The summed E-state index contributed by atoms with van der Waals surface area (Å²) in [6.45, 7) is 2.81. The molecule has 0 aromatic heterocycles. The highest BCUT2D eigenvalue weighted by molar-refractivity contribution is 5.26. The van der Waals surface area contributed by atoms with Crippen LogP contribution in [0, 0.1) is 6.92 Å². The Hall–Kier alpha value is -0.860. The topological polar surface area (TPSA) is 29.5 Å². The van der Waals surface area contributed by atoms with Crippen LogP contribution in [0.3, 0.4) is 0 Å². The van der Waals surface area contributed by atoms with Crippen molar-refractivity contribution in [3.05, 3.63) is 35.4 Å². The molecule has 0 aliphatic rings. The van der Waals surface area contributed by atoms with E-state index in [4.69, 9.17) is 4.74 Å². The largest absolute Gasteiger partial charge is 0.393 e. The number of hydrogen-bond acceptors (Lipinski definition) is 2. The molecule has 0 amide bonds. The van der Waals surface area contributed by atoms with Crippen molar-refractivity contribution in [2.24, 2.45) is 0 Å². The van der Waals surface area contributed by atoms with Crippen molar-refractivity contribution < 1.29 is 9.84 Å². The Morgan fingerprint density at radius 1 is 1.33 bits per heavy atom. The van der Waals surface area contributed by atoms with Crippen molar-refractivity contribution >= 4 is 0 Å². The Bertz CT molecular complexity index is 284. The van der Waals surface area contributed by atoms with Gasteiger partial charge in [-0.1, -0.05) is 24.3 Å². The van der Waals surface area contributed by atoms with Crippen LogP contribution in [0.4, 0.5) is 0 Å². The minimum Gasteiger partial charge on any atom is -0.393 e. The highest BCUT2D eigenvalue weighted by atomic mass is 16.5. The van der Waals surface area contributed by atoms with E-state index in [9.17, 15) is 5.11 Å². The highest BCUT2D eigenvalue weighted by Gasteiger charge is 2.06. The van der Waals surface area contributed by atoms with Gasteiger partial charge in [0.05, 0.1) is 6.10 Å². The summed E-state index contributed by atoms with van der Waals surface area (Å²) in [4.78, 5) is 0. The zero-order chi connectivity index (χ0) is 11.1. The van der Waals surface area contributed by atoms with E-state index in [2.05, 4.69) is 19.1 Å². The summed E-state index contributed by atoms with van der Waals surface area (Å²) in [5.74, 6) is 0. The van der Waals surface area contributed by atoms with Crippen LogP contribution in [0.1, 0.15) is 24.0 Å². The number of aliphatic hydroxyl groups is 1. The third kappa shape index (κ3) is 4.45. The van der Waals surface area contributed by atoms with Gasteiger partial charge in [-0.05, 0) is 37.3 Å². The quantitative estimate of drug-likeness (QED) is 0.727. The molecule has 0 saturated carbocycles. The lowest BCUT2D eigenvalue weighted by Gasteiger charge is -2.11. The molecule has 0 aliphatic heterocycles. The molecule has 0 heterocycles. The molecule has 0 aliphatic carbocycles. The summed E-state index contributed by atoms with van der Waals surface area (Å²) in [5, 5.41) is 9.80. The Balaban J connectivity index is 2.37. The van der Waals surface area contributed by atoms with E-state index < -0.39 is 0 Å². The summed E-state index contributed by atoms with van der Waals surface area (Å²) in [6.07, 6.45) is 2.23. The van der Waals surface area contributed by atoms with E-state index in [0.717, 1.165) is 25.9 Å². The smallest absolute Gasteiger partial charge is 0.0581 e. The van der Waals surface area contributed by atoms with E-state index in [-0.39, 0.29) is 6.10 Å². The van der Waals surface area contributed by atoms with Gasteiger partial charge in [0.25, 0.3) is 0 Å². The molecule has 0 fully saturated rings. The van der Waals surface area contributed by atoms with Gasteiger partial charge in [0.15, 0.2) is 0 Å². The number of benzene rings is 1. The number of aryl methyl sites for hydroxylation is 1. The number of ether oxygens (including phenoxy) is 1. The average Bonchev–Trinajstić information content (AvgIpc) is 2.22. The van der Waals surface area contributed by atoms with E-state index in [1.165, 1.54) is 11.1 Å². The Kier molecular flexibility index (Phi) is 5.37. The first-order valence-electron chi connectivity index (χ1n) is 5.45. The standard InChI is InChI=1S/C13H20O2/c1-11-6-3-4-7-12(11)10-13(14)8-5-9-15-2/h3-4,6-7,13-14H,5,8-10H2,1-2H3. The van der Waals surface area contributed by atoms with Crippen molar-refractivity contribution in [2.45, 2.75) is 32.3 Å². The first-order valence-corrected chi connectivity index (χ1v) is 5.45. The van der Waals surface area contributed by atoms with Crippen LogP contribution < -0.4 is 0 Å². The van der Waals surface area contributed by atoms with E-state index in [1.54, 1.807) is 7.11 Å². The van der Waals surface area contributed by atoms with E-state index >= 15 is 0 Å². The predicted molar refractivity (Wildman–Crippen MR) is 62.0 cm³/mol. The Labute approximate surface area is 91.9 Å². The van der Waals surface area contributed by atoms with Crippen LogP contribution in [-0.4, -0.2) is 24.9 Å². The second-order valence-electron chi connectivity index (χ2n) is 3.92. The van der Waals surface area contributed by atoms with Crippen molar-refractivity contribution in [2.75, 3.05) is 13.7 Å². The molecular formula is C13H20O2. The van der Waals surface area contributed by atoms with Gasteiger partial charge in [0.1, 0.15) is 0 Å². The zero-order valence-electron chi connectivity index (χ0n) is 9.57. The second-order valence-corrected chi connectivity index (χ2v) is 3.92. The molecule has 1 unspecified atom stereocenters.